The molecule has 0 radical (unpaired) electrons. The largest absolute Gasteiger partial charge is 0.492 e. The molecule has 0 aromatic heterocycles. The van der Waals surface area contributed by atoms with Gasteiger partial charge in [-0.2, -0.15) is 0 Å². The van der Waals surface area contributed by atoms with E-state index in [-0.39, 0.29) is 17.9 Å². The van der Waals surface area contributed by atoms with Gasteiger partial charge in [-0.25, -0.2) is 0 Å². The van der Waals surface area contributed by atoms with Gasteiger partial charge in [-0.15, -0.1) is 0 Å². The highest BCUT2D eigenvalue weighted by Crippen LogP contribution is 2.38. The van der Waals surface area contributed by atoms with Crippen molar-refractivity contribution in [3.05, 3.63) is 29.8 Å². The van der Waals surface area contributed by atoms with E-state index in [1.54, 1.807) is 0 Å². The van der Waals surface area contributed by atoms with Crippen molar-refractivity contribution in [3.8, 4) is 11.5 Å². The summed E-state index contributed by atoms with van der Waals surface area (Å²) in [6.07, 6.45) is 7.99. The fraction of sp³-hybridized carbons (Fsp3) is 0.500. The van der Waals surface area contributed by atoms with Crippen LogP contribution in [0.5, 0.6) is 11.5 Å². The van der Waals surface area contributed by atoms with Crippen molar-refractivity contribution in [2.75, 3.05) is 11.9 Å². The zero-order chi connectivity index (χ0) is 15.5. The summed E-state index contributed by atoms with van der Waals surface area (Å²) in [4.78, 5) is 12.4. The SMILES string of the molecule is CCOc1cc2c(cc1NC(=O)[C@H]1CC=CCC1)O[C@H](C)C2. The van der Waals surface area contributed by atoms with Crippen molar-refractivity contribution < 1.29 is 14.3 Å². The van der Waals surface area contributed by atoms with Gasteiger partial charge in [0.15, 0.2) is 0 Å². The van der Waals surface area contributed by atoms with E-state index in [1.165, 1.54) is 0 Å². The van der Waals surface area contributed by atoms with Crippen molar-refractivity contribution in [1.82, 2.24) is 0 Å². The zero-order valence-corrected chi connectivity index (χ0v) is 13.2. The number of benzene rings is 1. The first-order chi connectivity index (χ1) is 10.7. The molecule has 0 saturated carbocycles. The molecule has 0 saturated heterocycles. The van der Waals surface area contributed by atoms with E-state index in [0.717, 1.165) is 42.7 Å². The average Bonchev–Trinajstić information content (AvgIpc) is 2.87. The Labute approximate surface area is 131 Å². The van der Waals surface area contributed by atoms with E-state index < -0.39 is 0 Å². The van der Waals surface area contributed by atoms with Gasteiger partial charge in [0.25, 0.3) is 0 Å². The van der Waals surface area contributed by atoms with Gasteiger partial charge in [-0.1, -0.05) is 12.2 Å². The molecule has 1 heterocycles. The minimum Gasteiger partial charge on any atom is -0.492 e. The lowest BCUT2D eigenvalue weighted by Crippen LogP contribution is -2.23. The maximum Gasteiger partial charge on any atom is 0.227 e. The molecule has 1 N–H and O–H groups in total. The van der Waals surface area contributed by atoms with Gasteiger partial charge >= 0.3 is 0 Å². The number of carbonyl (C=O) groups excluding carboxylic acids is 1. The van der Waals surface area contributed by atoms with E-state index in [0.29, 0.717) is 12.3 Å². The lowest BCUT2D eigenvalue weighted by Gasteiger charge is -2.19. The van der Waals surface area contributed by atoms with E-state index in [1.807, 2.05) is 26.0 Å². The Morgan fingerprint density at radius 3 is 3.00 bits per heavy atom. The topological polar surface area (TPSA) is 47.6 Å². The molecule has 2 atom stereocenters. The van der Waals surface area contributed by atoms with Crippen molar-refractivity contribution >= 4 is 11.6 Å². The van der Waals surface area contributed by atoms with E-state index >= 15 is 0 Å². The number of anilines is 1. The Balaban J connectivity index is 1.81. The Hall–Kier alpha value is -1.97. The first-order valence-corrected chi connectivity index (χ1v) is 8.09. The standard InChI is InChI=1S/C18H23NO3/c1-3-21-17-10-14-9-12(2)22-16(14)11-15(17)19-18(20)13-7-5-4-6-8-13/h4-5,10-13H,3,6-9H2,1-2H3,(H,19,20)/t12-,13+/m1/s1. The van der Waals surface area contributed by atoms with Crippen LogP contribution in [-0.2, 0) is 11.2 Å². The third-order valence-corrected chi connectivity index (χ3v) is 4.20. The van der Waals surface area contributed by atoms with Crippen LogP contribution in [0, 0.1) is 5.92 Å². The molecular formula is C18H23NO3. The summed E-state index contributed by atoms with van der Waals surface area (Å²) < 4.78 is 11.5. The lowest BCUT2D eigenvalue weighted by molar-refractivity contribution is -0.120. The molecule has 4 nitrogen and oxygen atoms in total. The summed E-state index contributed by atoms with van der Waals surface area (Å²) in [7, 11) is 0. The first kappa shape index (κ1) is 14.9. The lowest BCUT2D eigenvalue weighted by atomic mass is 9.93. The van der Waals surface area contributed by atoms with Gasteiger partial charge in [0.1, 0.15) is 17.6 Å². The molecule has 2 aliphatic rings. The number of carbonyl (C=O) groups is 1. The molecule has 118 valence electrons. The van der Waals surface area contributed by atoms with Crippen LogP contribution >= 0.6 is 0 Å². The zero-order valence-electron chi connectivity index (χ0n) is 13.2. The summed E-state index contributed by atoms with van der Waals surface area (Å²) in [5.74, 6) is 1.71. The van der Waals surface area contributed by atoms with Crippen molar-refractivity contribution in [1.29, 1.82) is 0 Å². The van der Waals surface area contributed by atoms with E-state index in [2.05, 4.69) is 17.5 Å². The summed E-state index contributed by atoms with van der Waals surface area (Å²) in [5, 5.41) is 3.03. The molecule has 0 bridgehead atoms. The number of nitrogens with one attached hydrogen (secondary N) is 1. The van der Waals surface area contributed by atoms with Crippen LogP contribution in [0.3, 0.4) is 0 Å². The van der Waals surface area contributed by atoms with E-state index in [9.17, 15) is 4.79 Å². The Morgan fingerprint density at radius 2 is 2.27 bits per heavy atom. The number of hydrogen-bond donors (Lipinski definition) is 1. The van der Waals surface area contributed by atoms with Crippen molar-refractivity contribution in [2.24, 2.45) is 5.92 Å². The number of allylic oxidation sites excluding steroid dienone is 2. The maximum atomic E-state index is 12.4. The van der Waals surface area contributed by atoms with Gasteiger partial charge in [0.2, 0.25) is 5.91 Å². The number of fused-ring (bicyclic) bond motifs is 1. The Kier molecular flexibility index (Phi) is 4.36. The third kappa shape index (κ3) is 3.11. The maximum absolute atomic E-state index is 12.4. The molecule has 1 amide bonds. The molecule has 0 fully saturated rings. The number of rotatable bonds is 4. The smallest absolute Gasteiger partial charge is 0.227 e. The van der Waals surface area contributed by atoms with Gasteiger partial charge in [0.05, 0.1) is 12.3 Å². The molecule has 1 aliphatic heterocycles. The van der Waals surface area contributed by atoms with Gasteiger partial charge in [-0.05, 0) is 39.2 Å². The molecular weight excluding hydrogens is 278 g/mol. The predicted octanol–water partition coefficient (Wildman–Crippen LogP) is 3.70. The summed E-state index contributed by atoms with van der Waals surface area (Å²) in [5.41, 5.74) is 1.86. The molecule has 0 spiro atoms. The predicted molar refractivity (Wildman–Crippen MR) is 86.5 cm³/mol. The second kappa shape index (κ2) is 6.42. The average molecular weight is 301 g/mol. The number of hydrogen-bond acceptors (Lipinski definition) is 3. The minimum absolute atomic E-state index is 0.0487. The second-order valence-electron chi connectivity index (χ2n) is 5.99. The van der Waals surface area contributed by atoms with Crippen LogP contribution in [0.25, 0.3) is 0 Å². The van der Waals surface area contributed by atoms with Crippen molar-refractivity contribution in [2.45, 2.75) is 45.6 Å². The Bertz CT molecular complexity index is 594. The van der Waals surface area contributed by atoms with Crippen LogP contribution < -0.4 is 14.8 Å². The second-order valence-corrected chi connectivity index (χ2v) is 5.99. The number of ether oxygens (including phenoxy) is 2. The third-order valence-electron chi connectivity index (χ3n) is 4.20. The molecule has 0 unspecified atom stereocenters. The van der Waals surface area contributed by atoms with Gasteiger partial charge in [0, 0.05) is 24.0 Å². The van der Waals surface area contributed by atoms with E-state index in [4.69, 9.17) is 9.47 Å². The molecule has 4 heteroatoms. The molecule has 1 aromatic rings. The fourth-order valence-electron chi connectivity index (χ4n) is 3.08. The van der Waals surface area contributed by atoms with Crippen LogP contribution in [0.2, 0.25) is 0 Å². The highest BCUT2D eigenvalue weighted by molar-refractivity contribution is 5.94. The quantitative estimate of drug-likeness (QED) is 0.863. The van der Waals surface area contributed by atoms with Crippen LogP contribution in [0.4, 0.5) is 5.69 Å². The summed E-state index contributed by atoms with van der Waals surface area (Å²) in [6.45, 7) is 4.57. The Morgan fingerprint density at radius 1 is 1.41 bits per heavy atom. The first-order valence-electron chi connectivity index (χ1n) is 8.09. The highest BCUT2D eigenvalue weighted by atomic mass is 16.5. The van der Waals surface area contributed by atoms with Crippen LogP contribution in [-0.4, -0.2) is 18.6 Å². The molecule has 1 aromatic carbocycles. The minimum atomic E-state index is 0.0487. The molecule has 1 aliphatic carbocycles. The molecule has 22 heavy (non-hydrogen) atoms. The van der Waals surface area contributed by atoms with Crippen LogP contribution in [0.15, 0.2) is 24.3 Å². The monoisotopic (exact) mass is 301 g/mol. The fourth-order valence-corrected chi connectivity index (χ4v) is 3.08. The molecule has 3 rings (SSSR count). The van der Waals surface area contributed by atoms with Crippen LogP contribution in [0.1, 0.15) is 38.7 Å². The van der Waals surface area contributed by atoms with Crippen molar-refractivity contribution in [3.63, 3.8) is 0 Å². The summed E-state index contributed by atoms with van der Waals surface area (Å²) >= 11 is 0. The normalized spacial score (nSPS) is 22.8. The van der Waals surface area contributed by atoms with Gasteiger partial charge in [-0.3, -0.25) is 4.79 Å². The summed E-state index contributed by atoms with van der Waals surface area (Å²) in [6, 6.07) is 3.90. The number of amides is 1. The van der Waals surface area contributed by atoms with Gasteiger partial charge < -0.3 is 14.8 Å². The highest BCUT2D eigenvalue weighted by Gasteiger charge is 2.24.